The number of aliphatic carboxylic acids is 5. The van der Waals surface area contributed by atoms with Gasteiger partial charge in [0, 0.05) is 60.8 Å². The molecule has 0 saturated heterocycles. The maximum Gasteiger partial charge on any atom is 3.00 e. The first-order valence-corrected chi connectivity index (χ1v) is 7.16. The Morgan fingerprint density at radius 2 is 0.679 bits per heavy atom. The number of carboxylic acids is 5. The number of carboxylic acid groups (broad SMARTS) is 5. The topological polar surface area (TPSA) is 251 Å². The average Bonchev–Trinajstić information content (AvgIpc) is 2.35. The maximum atomic E-state index is 9.00. The van der Waals surface area contributed by atoms with E-state index in [-0.39, 0.29) is 39.9 Å². The summed E-state index contributed by atoms with van der Waals surface area (Å²) < 4.78 is 0. The SMILES string of the molecule is CC(=O)O.CC(=O)O.CC(=O)O.CC(=O)O.CC(=O)O.NCCNCCN.[Gd+3]. The van der Waals surface area contributed by atoms with Gasteiger partial charge in [0.15, 0.2) is 0 Å². The first-order valence-electron chi connectivity index (χ1n) is 7.16. The third kappa shape index (κ3) is 2090. The number of nitrogens with two attached hydrogens (primary N) is 2. The van der Waals surface area contributed by atoms with Gasteiger partial charge in [0.05, 0.1) is 0 Å². The van der Waals surface area contributed by atoms with Gasteiger partial charge in [0.25, 0.3) is 29.8 Å². The zero-order chi connectivity index (χ0) is 23.4. The second-order valence-electron chi connectivity index (χ2n) is 3.92. The second-order valence-corrected chi connectivity index (χ2v) is 3.92. The van der Waals surface area contributed by atoms with E-state index in [1.807, 2.05) is 0 Å². The zero-order valence-electron chi connectivity index (χ0n) is 16.6. The Hall–Kier alpha value is -1.45. The Morgan fingerprint density at radius 3 is 0.750 bits per heavy atom. The Balaban J connectivity index is -0.0000000382. The van der Waals surface area contributed by atoms with Gasteiger partial charge in [-0.05, 0) is 0 Å². The molecule has 0 amide bonds. The van der Waals surface area contributed by atoms with Crippen molar-refractivity contribution in [2.45, 2.75) is 34.6 Å². The monoisotopic (exact) mass is 561 g/mol. The predicted molar refractivity (Wildman–Crippen MR) is 97.5 cm³/mol. The number of nitrogens with one attached hydrogen (secondary N) is 1. The summed E-state index contributed by atoms with van der Waals surface area (Å²) in [5.74, 6) is -4.17. The molecule has 0 spiro atoms. The quantitative estimate of drug-likeness (QED) is 0.191. The third-order valence-electron chi connectivity index (χ3n) is 0.642. The second kappa shape index (κ2) is 44.8. The standard InChI is InChI=1S/C4H13N3.5C2H4O2.Gd/c5-1-3-7-4-2-6;5*1-2(3)4;/h7H,1-6H2;5*1H3,(H,3,4);/q;;;;;;+3. The first kappa shape index (κ1) is 45.4. The van der Waals surface area contributed by atoms with Crippen LogP contribution in [0, 0.1) is 39.9 Å². The number of carbonyl (C=O) groups is 5. The van der Waals surface area contributed by atoms with Crippen LogP contribution in [0.4, 0.5) is 0 Å². The maximum absolute atomic E-state index is 9.00. The van der Waals surface area contributed by atoms with Gasteiger partial charge in [-0.1, -0.05) is 0 Å². The van der Waals surface area contributed by atoms with E-state index >= 15 is 0 Å². The third-order valence-corrected chi connectivity index (χ3v) is 0.642. The van der Waals surface area contributed by atoms with E-state index in [1.54, 1.807) is 0 Å². The minimum absolute atomic E-state index is 0. The van der Waals surface area contributed by atoms with Gasteiger partial charge in [-0.25, -0.2) is 0 Å². The van der Waals surface area contributed by atoms with E-state index in [4.69, 9.17) is 61.0 Å². The fraction of sp³-hybridized carbons (Fsp3) is 0.643. The molecule has 1 radical (unpaired) electrons. The Kier molecular flexibility index (Phi) is 72.5. The Labute approximate surface area is 196 Å². The van der Waals surface area contributed by atoms with Crippen LogP contribution in [0.2, 0.25) is 0 Å². The summed E-state index contributed by atoms with van der Waals surface area (Å²) in [6.07, 6.45) is 0. The molecule has 0 heterocycles. The van der Waals surface area contributed by atoms with Crippen LogP contribution in [-0.2, 0) is 24.0 Å². The van der Waals surface area contributed by atoms with Gasteiger partial charge in [-0.15, -0.1) is 0 Å². The minimum Gasteiger partial charge on any atom is -0.481 e. The van der Waals surface area contributed by atoms with Gasteiger partial charge >= 0.3 is 39.9 Å². The zero-order valence-corrected chi connectivity index (χ0v) is 18.9. The molecule has 0 aromatic heterocycles. The molecular weight excluding hydrogens is 527 g/mol. The first-order chi connectivity index (χ1) is 12.1. The smallest absolute Gasteiger partial charge is 0.481 e. The molecule has 169 valence electrons. The summed E-state index contributed by atoms with van der Waals surface area (Å²) in [5.41, 5.74) is 10.3. The summed E-state index contributed by atoms with van der Waals surface area (Å²) in [6.45, 7) is 8.55. The predicted octanol–water partition coefficient (Wildman–Crippen LogP) is -1.05. The van der Waals surface area contributed by atoms with Crippen LogP contribution >= 0.6 is 0 Å². The van der Waals surface area contributed by atoms with Crippen molar-refractivity contribution in [3.63, 3.8) is 0 Å². The molecule has 0 saturated carbocycles. The van der Waals surface area contributed by atoms with Crippen molar-refractivity contribution in [2.24, 2.45) is 11.5 Å². The largest absolute Gasteiger partial charge is 3.00 e. The van der Waals surface area contributed by atoms with Gasteiger partial charge in [-0.3, -0.25) is 24.0 Å². The average molecular weight is 561 g/mol. The molecule has 0 fully saturated rings. The van der Waals surface area contributed by atoms with Crippen molar-refractivity contribution >= 4 is 29.8 Å². The van der Waals surface area contributed by atoms with Crippen LogP contribution in [0.15, 0.2) is 0 Å². The van der Waals surface area contributed by atoms with E-state index in [0.29, 0.717) is 13.1 Å². The minimum atomic E-state index is -0.833. The Morgan fingerprint density at radius 1 is 0.571 bits per heavy atom. The number of hydrogen-bond acceptors (Lipinski definition) is 8. The Bertz CT molecular complexity index is 289. The van der Waals surface area contributed by atoms with Crippen molar-refractivity contribution in [1.29, 1.82) is 0 Å². The van der Waals surface area contributed by atoms with Crippen molar-refractivity contribution in [2.75, 3.05) is 26.2 Å². The molecule has 0 unspecified atom stereocenters. The van der Waals surface area contributed by atoms with Crippen LogP contribution in [0.5, 0.6) is 0 Å². The molecule has 0 aromatic rings. The van der Waals surface area contributed by atoms with Crippen molar-refractivity contribution in [1.82, 2.24) is 5.32 Å². The van der Waals surface area contributed by atoms with Crippen LogP contribution in [0.25, 0.3) is 0 Å². The van der Waals surface area contributed by atoms with Crippen LogP contribution in [0.1, 0.15) is 34.6 Å². The van der Waals surface area contributed by atoms with Gasteiger partial charge in [0.2, 0.25) is 0 Å². The summed E-state index contributed by atoms with van der Waals surface area (Å²) in [6, 6.07) is 0. The number of hydrogen-bond donors (Lipinski definition) is 8. The van der Waals surface area contributed by atoms with E-state index < -0.39 is 29.8 Å². The van der Waals surface area contributed by atoms with E-state index in [0.717, 1.165) is 47.7 Å². The molecule has 0 rings (SSSR count). The molecule has 0 aliphatic rings. The van der Waals surface area contributed by atoms with Crippen molar-refractivity contribution in [3.05, 3.63) is 0 Å². The van der Waals surface area contributed by atoms with Crippen LogP contribution < -0.4 is 16.8 Å². The fourth-order valence-corrected chi connectivity index (χ4v) is 0.329. The molecule has 0 atom stereocenters. The normalized spacial score (nSPS) is 6.82. The summed E-state index contributed by atoms with van der Waals surface area (Å²) in [5, 5.41) is 40.1. The summed E-state index contributed by atoms with van der Waals surface area (Å²) >= 11 is 0. The molecule has 0 aromatic carbocycles. The van der Waals surface area contributed by atoms with Gasteiger partial charge in [-0.2, -0.15) is 0 Å². The van der Waals surface area contributed by atoms with E-state index in [2.05, 4.69) is 5.32 Å². The van der Waals surface area contributed by atoms with Crippen molar-refractivity contribution < 1.29 is 89.4 Å². The summed E-state index contributed by atoms with van der Waals surface area (Å²) in [4.78, 5) is 45.0. The van der Waals surface area contributed by atoms with E-state index in [1.165, 1.54) is 0 Å². The van der Waals surface area contributed by atoms with Crippen LogP contribution in [0.3, 0.4) is 0 Å². The molecule has 0 aliphatic heterocycles. The van der Waals surface area contributed by atoms with Gasteiger partial charge in [0.1, 0.15) is 0 Å². The number of rotatable bonds is 4. The fourth-order valence-electron chi connectivity index (χ4n) is 0.329. The summed E-state index contributed by atoms with van der Waals surface area (Å²) in [7, 11) is 0. The molecule has 10 N–H and O–H groups in total. The molecule has 28 heavy (non-hydrogen) atoms. The van der Waals surface area contributed by atoms with Crippen LogP contribution in [-0.4, -0.2) is 81.6 Å². The molecule has 14 heteroatoms. The van der Waals surface area contributed by atoms with E-state index in [9.17, 15) is 0 Å². The molecule has 0 aliphatic carbocycles. The molecule has 0 bridgehead atoms. The van der Waals surface area contributed by atoms with Gasteiger partial charge < -0.3 is 42.3 Å². The molecule has 13 nitrogen and oxygen atoms in total. The molecular formula is C14H33GdN3O10+3. The van der Waals surface area contributed by atoms with Crippen molar-refractivity contribution in [3.8, 4) is 0 Å².